The highest BCUT2D eigenvalue weighted by Crippen LogP contribution is 2.18. The van der Waals surface area contributed by atoms with Crippen LogP contribution in [0.4, 0.5) is 0 Å². The van der Waals surface area contributed by atoms with Gasteiger partial charge in [0.25, 0.3) is 0 Å². The zero-order valence-electron chi connectivity index (χ0n) is 3.34. The molecule has 8 heteroatoms. The van der Waals surface area contributed by atoms with E-state index in [-0.39, 0.29) is 0 Å². The molecule has 0 saturated carbocycles. The second-order valence-corrected chi connectivity index (χ2v) is 1.79. The van der Waals surface area contributed by atoms with Crippen LogP contribution >= 0.6 is 16.5 Å². The summed E-state index contributed by atoms with van der Waals surface area (Å²) in [5.74, 6) is 0. The maximum atomic E-state index is 9.33. The molecule has 0 fully saturated rings. The first-order valence-electron chi connectivity index (χ1n) is 1.26. The maximum Gasteiger partial charge on any atom is 0.526 e. The monoisotopic (exact) mass is 158 g/mol. The van der Waals surface area contributed by atoms with E-state index in [0.29, 0.717) is 0 Å². The summed E-state index contributed by atoms with van der Waals surface area (Å²) in [5, 5.41) is 0. The van der Waals surface area contributed by atoms with Gasteiger partial charge in [-0.25, -0.2) is 0 Å². The highest BCUT2D eigenvalue weighted by atomic mass is 31.1. The van der Waals surface area contributed by atoms with E-state index in [9.17, 15) is 18.9 Å². The van der Waals surface area contributed by atoms with E-state index in [1.807, 2.05) is 0 Å². The summed E-state index contributed by atoms with van der Waals surface area (Å²) in [6.45, 7) is 0. The van der Waals surface area contributed by atoms with E-state index in [0.717, 1.165) is 0 Å². The SMILES string of the molecule is O=[P+]([O-])OO[P+](=O)[O-]. The van der Waals surface area contributed by atoms with Crippen LogP contribution in [-0.4, -0.2) is 0 Å². The van der Waals surface area contributed by atoms with Crippen molar-refractivity contribution in [2.24, 2.45) is 0 Å². The molecule has 6 nitrogen and oxygen atoms in total. The Bertz CT molecular complexity index is 91.1. The Morgan fingerprint density at radius 1 is 1.00 bits per heavy atom. The molecule has 0 spiro atoms. The van der Waals surface area contributed by atoms with Gasteiger partial charge in [0.1, 0.15) is 0 Å². The summed E-state index contributed by atoms with van der Waals surface area (Å²) < 4.78 is 25.0. The molecule has 0 aliphatic carbocycles. The van der Waals surface area contributed by atoms with E-state index in [4.69, 9.17) is 0 Å². The molecular weight excluding hydrogens is 158 g/mol. The van der Waals surface area contributed by atoms with Crippen LogP contribution in [0.5, 0.6) is 0 Å². The van der Waals surface area contributed by atoms with Crippen LogP contribution in [0.15, 0.2) is 0 Å². The van der Waals surface area contributed by atoms with Crippen molar-refractivity contribution in [2.75, 3.05) is 0 Å². The Morgan fingerprint density at radius 2 is 1.25 bits per heavy atom. The smallest absolute Gasteiger partial charge is 0.526 e. The molecule has 0 aromatic carbocycles. The molecule has 0 aliphatic rings. The first-order chi connectivity index (χ1) is 3.63. The third-order valence-electron chi connectivity index (χ3n) is 0.155. The van der Waals surface area contributed by atoms with Gasteiger partial charge < -0.3 is 9.79 Å². The molecule has 0 radical (unpaired) electrons. The van der Waals surface area contributed by atoms with Crippen molar-refractivity contribution in [2.45, 2.75) is 0 Å². The largest absolute Gasteiger partial charge is 0.564 e. The van der Waals surface area contributed by atoms with Crippen LogP contribution < -0.4 is 9.79 Å². The van der Waals surface area contributed by atoms with E-state index < -0.39 is 16.5 Å². The minimum Gasteiger partial charge on any atom is -0.564 e. The molecule has 2 unspecified atom stereocenters. The fourth-order valence-corrected chi connectivity index (χ4v) is 0.490. The van der Waals surface area contributed by atoms with Crippen LogP contribution in [0.1, 0.15) is 0 Å². The van der Waals surface area contributed by atoms with Gasteiger partial charge in [-0.1, -0.05) is 0 Å². The number of rotatable bonds is 3. The first kappa shape index (κ1) is 8.04. The molecule has 46 valence electrons. The molecule has 0 amide bonds. The van der Waals surface area contributed by atoms with Crippen molar-refractivity contribution in [3.63, 3.8) is 0 Å². The highest BCUT2D eigenvalue weighted by molar-refractivity contribution is 7.32. The molecular formula is O6P2. The fourth-order valence-electron chi connectivity index (χ4n) is 0.0544. The van der Waals surface area contributed by atoms with Gasteiger partial charge in [-0.2, -0.15) is 0 Å². The molecule has 0 rings (SSSR count). The summed E-state index contributed by atoms with van der Waals surface area (Å²) >= 11 is 0. The van der Waals surface area contributed by atoms with E-state index in [1.54, 1.807) is 0 Å². The maximum absolute atomic E-state index is 9.33. The third kappa shape index (κ3) is 6.04. The lowest BCUT2D eigenvalue weighted by Gasteiger charge is -1.77. The van der Waals surface area contributed by atoms with Gasteiger partial charge in [-0.05, 0) is 9.13 Å². The third-order valence-corrected chi connectivity index (χ3v) is 0.665. The van der Waals surface area contributed by atoms with Crippen LogP contribution in [0, 0.1) is 0 Å². The second-order valence-electron chi connectivity index (χ2n) is 0.596. The second kappa shape index (κ2) is 3.97. The minimum absolute atomic E-state index is 3.16. The number of hydrogen-bond acceptors (Lipinski definition) is 6. The van der Waals surface area contributed by atoms with E-state index >= 15 is 0 Å². The Hall–Kier alpha value is 0.0400. The number of hydrogen-bond donors (Lipinski definition) is 0. The van der Waals surface area contributed by atoms with Crippen molar-refractivity contribution in [1.29, 1.82) is 0 Å². The lowest BCUT2D eigenvalue weighted by molar-refractivity contribution is -0.264. The lowest BCUT2D eigenvalue weighted by Crippen LogP contribution is -1.93. The minimum atomic E-state index is -3.24. The Balaban J connectivity index is 3.18. The van der Waals surface area contributed by atoms with Crippen molar-refractivity contribution in [3.05, 3.63) is 0 Å². The Labute approximate surface area is 45.9 Å². The lowest BCUT2D eigenvalue weighted by atomic mass is 14.9. The Morgan fingerprint density at radius 3 is 1.38 bits per heavy atom. The molecule has 0 heterocycles. The van der Waals surface area contributed by atoms with Crippen LogP contribution in [0.3, 0.4) is 0 Å². The van der Waals surface area contributed by atoms with Crippen molar-refractivity contribution in [1.82, 2.24) is 0 Å². The molecule has 0 aliphatic heterocycles. The average Bonchev–Trinajstić information content (AvgIpc) is 1.61. The zero-order valence-corrected chi connectivity index (χ0v) is 5.13. The predicted octanol–water partition coefficient (Wildman–Crippen LogP) is -1.03. The van der Waals surface area contributed by atoms with Crippen molar-refractivity contribution in [3.8, 4) is 0 Å². The van der Waals surface area contributed by atoms with Gasteiger partial charge in [0.15, 0.2) is 0 Å². The van der Waals surface area contributed by atoms with Gasteiger partial charge in [0.2, 0.25) is 0 Å². The molecule has 0 bridgehead atoms. The summed E-state index contributed by atoms with van der Waals surface area (Å²) in [5.41, 5.74) is 0. The topological polar surface area (TPSA) is 98.7 Å². The average molecular weight is 158 g/mol. The van der Waals surface area contributed by atoms with Crippen LogP contribution in [0.25, 0.3) is 0 Å². The summed E-state index contributed by atoms with van der Waals surface area (Å²) in [4.78, 5) is 18.7. The summed E-state index contributed by atoms with van der Waals surface area (Å²) in [6.07, 6.45) is 0. The van der Waals surface area contributed by atoms with Gasteiger partial charge >= 0.3 is 16.5 Å². The zero-order chi connectivity index (χ0) is 6.57. The van der Waals surface area contributed by atoms with Gasteiger partial charge in [-0.3, -0.25) is 0 Å². The van der Waals surface area contributed by atoms with Crippen LogP contribution in [-0.2, 0) is 18.5 Å². The summed E-state index contributed by atoms with van der Waals surface area (Å²) in [6, 6.07) is 0. The van der Waals surface area contributed by atoms with Gasteiger partial charge in [-0.15, -0.1) is 0 Å². The van der Waals surface area contributed by atoms with E-state index in [1.165, 1.54) is 0 Å². The summed E-state index contributed by atoms with van der Waals surface area (Å²) in [7, 11) is -6.48. The fraction of sp³-hybridized carbons (Fsp3) is 0. The van der Waals surface area contributed by atoms with Crippen LogP contribution in [0.2, 0.25) is 0 Å². The predicted molar refractivity (Wildman–Crippen MR) is 17.4 cm³/mol. The quantitative estimate of drug-likeness (QED) is 0.295. The van der Waals surface area contributed by atoms with E-state index in [2.05, 4.69) is 9.35 Å². The molecule has 0 saturated heterocycles. The molecule has 0 aromatic rings. The van der Waals surface area contributed by atoms with Crippen molar-refractivity contribution < 1.29 is 28.3 Å². The van der Waals surface area contributed by atoms with Gasteiger partial charge in [0.05, 0.1) is 9.35 Å². The molecule has 0 N–H and O–H groups in total. The molecule has 8 heavy (non-hydrogen) atoms. The highest BCUT2D eigenvalue weighted by Gasteiger charge is 2.11. The standard InChI is InChI=1S/O6P2/c1-7(2)5-6-8(3)4. The Kier molecular flexibility index (Phi) is 3.99. The first-order valence-corrected chi connectivity index (χ1v) is 3.45. The van der Waals surface area contributed by atoms with Gasteiger partial charge in [0, 0.05) is 0 Å². The molecule has 2 atom stereocenters. The molecule has 0 aromatic heterocycles. The van der Waals surface area contributed by atoms with Crippen molar-refractivity contribution >= 4 is 16.5 Å². The normalized spacial score (nSPS) is 13.2.